The van der Waals surface area contributed by atoms with Crippen molar-refractivity contribution in [3.8, 4) is 0 Å². The van der Waals surface area contributed by atoms with E-state index in [1.54, 1.807) is 0 Å². The fraction of sp³-hybridized carbons (Fsp3) is 0.565. The molecule has 0 unspecified atom stereocenters. The lowest BCUT2D eigenvalue weighted by Gasteiger charge is -2.35. The summed E-state index contributed by atoms with van der Waals surface area (Å²) in [7, 11) is 1.94. The van der Waals surface area contributed by atoms with Crippen molar-refractivity contribution >= 4 is 5.91 Å². The highest BCUT2D eigenvalue weighted by molar-refractivity contribution is 5.76. The minimum absolute atomic E-state index is 0.0797. The third kappa shape index (κ3) is 5.67. The third-order valence-electron chi connectivity index (χ3n) is 5.74. The summed E-state index contributed by atoms with van der Waals surface area (Å²) < 4.78 is 7.72. The van der Waals surface area contributed by atoms with Crippen LogP contribution in [0.1, 0.15) is 48.3 Å². The molecule has 2 heterocycles. The van der Waals surface area contributed by atoms with E-state index in [4.69, 9.17) is 4.74 Å². The van der Waals surface area contributed by atoms with E-state index in [0.29, 0.717) is 13.0 Å². The number of amides is 1. The summed E-state index contributed by atoms with van der Waals surface area (Å²) in [6, 6.07) is 8.38. The van der Waals surface area contributed by atoms with Crippen LogP contribution in [0.5, 0.6) is 0 Å². The van der Waals surface area contributed by atoms with Gasteiger partial charge < -0.3 is 10.1 Å². The summed E-state index contributed by atoms with van der Waals surface area (Å²) in [5.41, 5.74) is 5.78. The van der Waals surface area contributed by atoms with E-state index in [9.17, 15) is 4.79 Å². The van der Waals surface area contributed by atoms with Crippen LogP contribution in [0.3, 0.4) is 0 Å². The topological polar surface area (TPSA) is 59.4 Å². The molecule has 29 heavy (non-hydrogen) atoms. The summed E-state index contributed by atoms with van der Waals surface area (Å²) in [5.74, 6) is 0.0797. The molecule has 0 spiro atoms. The van der Waals surface area contributed by atoms with Gasteiger partial charge in [-0.1, -0.05) is 24.3 Å². The molecule has 2 atom stereocenters. The van der Waals surface area contributed by atoms with Crippen LogP contribution < -0.4 is 5.32 Å². The summed E-state index contributed by atoms with van der Waals surface area (Å²) in [6.07, 6.45) is 1.71. The number of benzene rings is 1. The molecule has 3 rings (SSSR count). The summed E-state index contributed by atoms with van der Waals surface area (Å²) in [5, 5.41) is 7.53. The number of hydrogen-bond acceptors (Lipinski definition) is 4. The van der Waals surface area contributed by atoms with Gasteiger partial charge in [-0.15, -0.1) is 0 Å². The molecule has 0 saturated carbocycles. The molecule has 1 aromatic carbocycles. The number of hydrogen-bond donors (Lipinski definition) is 1. The minimum atomic E-state index is 0.0797. The van der Waals surface area contributed by atoms with Gasteiger partial charge in [-0.2, -0.15) is 5.10 Å². The molecular formula is C23H34N4O2. The summed E-state index contributed by atoms with van der Waals surface area (Å²) >= 11 is 0. The average Bonchev–Trinajstić information content (AvgIpc) is 2.90. The zero-order chi connectivity index (χ0) is 21.0. The van der Waals surface area contributed by atoms with Gasteiger partial charge in [0.2, 0.25) is 5.91 Å². The van der Waals surface area contributed by atoms with E-state index in [2.05, 4.69) is 54.3 Å². The van der Waals surface area contributed by atoms with Crippen molar-refractivity contribution in [2.75, 3.05) is 13.1 Å². The van der Waals surface area contributed by atoms with E-state index in [1.165, 1.54) is 16.7 Å². The van der Waals surface area contributed by atoms with Crippen molar-refractivity contribution < 1.29 is 9.53 Å². The number of aromatic nitrogens is 2. The predicted molar refractivity (Wildman–Crippen MR) is 115 cm³/mol. The number of nitrogens with one attached hydrogen (secondary N) is 1. The fourth-order valence-electron chi connectivity index (χ4n) is 4.24. The molecule has 0 aliphatic carbocycles. The first-order chi connectivity index (χ1) is 13.8. The lowest BCUT2D eigenvalue weighted by molar-refractivity contribution is -0.121. The number of carbonyl (C=O) groups is 1. The largest absolute Gasteiger partial charge is 0.373 e. The van der Waals surface area contributed by atoms with Crippen LogP contribution in [0.25, 0.3) is 0 Å². The van der Waals surface area contributed by atoms with Crippen molar-refractivity contribution in [2.24, 2.45) is 7.05 Å². The Morgan fingerprint density at radius 1 is 1.17 bits per heavy atom. The molecule has 1 aliphatic rings. The number of morpholine rings is 1. The standard InChI is InChI=1S/C23H34N4O2/c1-16-13-27(14-17(2)29-16)15-21-9-7-6-8-20(21)12-24-23(28)11-10-22-18(3)25-26(5)19(22)4/h6-9,16-17H,10-15H2,1-5H3,(H,24,28)/t16-,17-/m1/s1. The Morgan fingerprint density at radius 3 is 2.45 bits per heavy atom. The Hall–Kier alpha value is -2.18. The second-order valence-corrected chi connectivity index (χ2v) is 8.27. The predicted octanol–water partition coefficient (Wildman–Crippen LogP) is 2.90. The van der Waals surface area contributed by atoms with Gasteiger partial charge >= 0.3 is 0 Å². The van der Waals surface area contributed by atoms with Gasteiger partial charge in [0.15, 0.2) is 0 Å². The SMILES string of the molecule is Cc1nn(C)c(C)c1CCC(=O)NCc1ccccc1CN1C[C@@H](C)O[C@H](C)C1. The van der Waals surface area contributed by atoms with E-state index in [0.717, 1.165) is 37.4 Å². The molecule has 1 amide bonds. The molecule has 1 aliphatic heterocycles. The third-order valence-corrected chi connectivity index (χ3v) is 5.74. The molecule has 0 radical (unpaired) electrons. The molecule has 158 valence electrons. The number of aryl methyl sites for hydroxylation is 2. The zero-order valence-electron chi connectivity index (χ0n) is 18.4. The highest BCUT2D eigenvalue weighted by Gasteiger charge is 2.22. The van der Waals surface area contributed by atoms with Gasteiger partial charge in [-0.05, 0) is 50.8 Å². The molecule has 1 saturated heterocycles. The van der Waals surface area contributed by atoms with Crippen molar-refractivity contribution in [2.45, 2.75) is 65.8 Å². The van der Waals surface area contributed by atoms with Gasteiger partial charge in [-0.25, -0.2) is 0 Å². The fourth-order valence-corrected chi connectivity index (χ4v) is 4.24. The Labute approximate surface area is 174 Å². The Morgan fingerprint density at radius 2 is 1.83 bits per heavy atom. The van der Waals surface area contributed by atoms with Crippen molar-refractivity contribution in [3.05, 3.63) is 52.3 Å². The first-order valence-corrected chi connectivity index (χ1v) is 10.5. The molecule has 2 aromatic rings. The molecule has 0 bridgehead atoms. The number of rotatable bonds is 7. The second-order valence-electron chi connectivity index (χ2n) is 8.27. The number of carbonyl (C=O) groups excluding carboxylic acids is 1. The first kappa shape index (κ1) is 21.5. The first-order valence-electron chi connectivity index (χ1n) is 10.5. The lowest BCUT2D eigenvalue weighted by atomic mass is 10.1. The monoisotopic (exact) mass is 398 g/mol. The molecule has 1 N–H and O–H groups in total. The maximum absolute atomic E-state index is 12.4. The summed E-state index contributed by atoms with van der Waals surface area (Å²) in [6.45, 7) is 11.6. The van der Waals surface area contributed by atoms with Crippen LogP contribution in [0.4, 0.5) is 0 Å². The molecule has 1 fully saturated rings. The molecule has 6 heteroatoms. The Bertz CT molecular complexity index is 835. The van der Waals surface area contributed by atoms with E-state index in [1.807, 2.05) is 24.7 Å². The van der Waals surface area contributed by atoms with Crippen molar-refractivity contribution in [3.63, 3.8) is 0 Å². The van der Waals surface area contributed by atoms with Gasteiger partial charge in [0.05, 0.1) is 17.9 Å². The molecule has 1 aromatic heterocycles. The van der Waals surface area contributed by atoms with Crippen LogP contribution in [0, 0.1) is 13.8 Å². The Balaban J connectivity index is 1.54. The van der Waals surface area contributed by atoms with Gasteiger partial charge in [0, 0.05) is 45.3 Å². The maximum Gasteiger partial charge on any atom is 0.220 e. The lowest BCUT2D eigenvalue weighted by Crippen LogP contribution is -2.45. The second kappa shape index (κ2) is 9.55. The van der Waals surface area contributed by atoms with Crippen LogP contribution in [-0.2, 0) is 36.1 Å². The van der Waals surface area contributed by atoms with E-state index >= 15 is 0 Å². The van der Waals surface area contributed by atoms with Crippen LogP contribution >= 0.6 is 0 Å². The number of ether oxygens (including phenoxy) is 1. The van der Waals surface area contributed by atoms with Gasteiger partial charge in [0.1, 0.15) is 0 Å². The van der Waals surface area contributed by atoms with E-state index in [-0.39, 0.29) is 18.1 Å². The molecule has 6 nitrogen and oxygen atoms in total. The Kier molecular flexibility index (Phi) is 7.09. The minimum Gasteiger partial charge on any atom is -0.373 e. The maximum atomic E-state index is 12.4. The van der Waals surface area contributed by atoms with Gasteiger partial charge in [0.25, 0.3) is 0 Å². The quantitative estimate of drug-likeness (QED) is 0.779. The highest BCUT2D eigenvalue weighted by atomic mass is 16.5. The van der Waals surface area contributed by atoms with Crippen LogP contribution in [0.15, 0.2) is 24.3 Å². The van der Waals surface area contributed by atoms with E-state index < -0.39 is 0 Å². The zero-order valence-corrected chi connectivity index (χ0v) is 18.4. The normalized spacial score (nSPS) is 20.0. The average molecular weight is 399 g/mol. The number of nitrogens with zero attached hydrogens (tertiary/aromatic N) is 3. The van der Waals surface area contributed by atoms with Crippen molar-refractivity contribution in [1.82, 2.24) is 20.0 Å². The van der Waals surface area contributed by atoms with Gasteiger partial charge in [-0.3, -0.25) is 14.4 Å². The van der Waals surface area contributed by atoms with Crippen LogP contribution in [0.2, 0.25) is 0 Å². The smallest absolute Gasteiger partial charge is 0.220 e. The molecular weight excluding hydrogens is 364 g/mol. The summed E-state index contributed by atoms with van der Waals surface area (Å²) in [4.78, 5) is 14.9. The highest BCUT2D eigenvalue weighted by Crippen LogP contribution is 2.17. The van der Waals surface area contributed by atoms with Crippen LogP contribution in [-0.4, -0.2) is 45.9 Å². The van der Waals surface area contributed by atoms with Crippen molar-refractivity contribution in [1.29, 1.82) is 0 Å².